The molecule has 11 nitrogen and oxygen atoms in total. The number of fused-ring (bicyclic) bond motifs is 2. The first kappa shape index (κ1) is 37.9. The molecule has 0 N–H and O–H groups in total. The van der Waals surface area contributed by atoms with Crippen LogP contribution in [0.5, 0.6) is 17.2 Å². The van der Waals surface area contributed by atoms with E-state index in [9.17, 15) is 14.0 Å². The number of halogens is 1. The van der Waals surface area contributed by atoms with Gasteiger partial charge in [0.2, 0.25) is 11.2 Å². The van der Waals surface area contributed by atoms with Gasteiger partial charge in [-0.1, -0.05) is 59.8 Å². The summed E-state index contributed by atoms with van der Waals surface area (Å²) >= 11 is 0. The van der Waals surface area contributed by atoms with Gasteiger partial charge in [0.15, 0.2) is 11.2 Å². The molecule has 0 amide bonds. The minimum atomic E-state index is -0.468. The molecule has 0 atom stereocenters. The molecule has 8 rings (SSSR count). The Balaban J connectivity index is 0.771. The number of rotatable bonds is 17. The van der Waals surface area contributed by atoms with Crippen LogP contribution in [0.3, 0.4) is 0 Å². The van der Waals surface area contributed by atoms with Crippen LogP contribution in [-0.4, -0.2) is 41.4 Å². The van der Waals surface area contributed by atoms with Gasteiger partial charge in [-0.25, -0.2) is 9.07 Å². The molecule has 3 aromatic heterocycles. The number of aromatic nitrogens is 3. The van der Waals surface area contributed by atoms with Crippen molar-refractivity contribution in [2.75, 3.05) is 26.4 Å². The third kappa shape index (κ3) is 9.14. The van der Waals surface area contributed by atoms with Crippen molar-refractivity contribution < 1.29 is 32.2 Å². The number of ether oxygens (including phenoxy) is 4. The van der Waals surface area contributed by atoms with Crippen LogP contribution in [0.25, 0.3) is 44.6 Å². The van der Waals surface area contributed by atoms with Gasteiger partial charge in [-0.2, -0.15) is 0 Å². The van der Waals surface area contributed by atoms with E-state index in [1.54, 1.807) is 47.1 Å². The first-order valence-corrected chi connectivity index (χ1v) is 18.9. The van der Waals surface area contributed by atoms with Gasteiger partial charge in [-0.05, 0) is 79.1 Å². The van der Waals surface area contributed by atoms with Crippen LogP contribution < -0.4 is 25.1 Å². The fourth-order valence-corrected chi connectivity index (χ4v) is 6.37. The van der Waals surface area contributed by atoms with Gasteiger partial charge in [0.05, 0.1) is 42.8 Å². The van der Waals surface area contributed by atoms with E-state index in [1.165, 1.54) is 24.3 Å². The Morgan fingerprint density at radius 1 is 0.655 bits per heavy atom. The van der Waals surface area contributed by atoms with E-state index < -0.39 is 5.82 Å². The lowest BCUT2D eigenvalue weighted by Gasteiger charge is -2.13. The highest BCUT2D eigenvalue weighted by molar-refractivity contribution is 5.82. The van der Waals surface area contributed by atoms with Crippen molar-refractivity contribution in [3.63, 3.8) is 0 Å². The van der Waals surface area contributed by atoms with Crippen LogP contribution in [0.2, 0.25) is 0 Å². The summed E-state index contributed by atoms with van der Waals surface area (Å²) in [7, 11) is 0. The van der Waals surface area contributed by atoms with E-state index in [1.807, 2.05) is 66.9 Å². The van der Waals surface area contributed by atoms with Crippen molar-refractivity contribution >= 4 is 21.9 Å². The number of benzene rings is 5. The van der Waals surface area contributed by atoms with E-state index in [-0.39, 0.29) is 28.8 Å². The average Bonchev–Trinajstić information content (AvgIpc) is 3.71. The summed E-state index contributed by atoms with van der Waals surface area (Å²) in [6, 6.07) is 36.6. The Morgan fingerprint density at radius 3 is 2.36 bits per heavy atom. The average molecular weight is 780 g/mol. The lowest BCUT2D eigenvalue weighted by atomic mass is 10.1. The molecule has 0 saturated carbocycles. The zero-order valence-electron chi connectivity index (χ0n) is 31.3. The van der Waals surface area contributed by atoms with Crippen molar-refractivity contribution in [2.45, 2.75) is 26.0 Å². The van der Waals surface area contributed by atoms with E-state index in [2.05, 4.69) is 10.3 Å². The minimum Gasteiger partial charge on any atom is -0.494 e. The van der Waals surface area contributed by atoms with Gasteiger partial charge in [-0.3, -0.25) is 9.59 Å². The molecule has 8 aromatic rings. The standard InChI is InChI=1S/C46H38FN3O8/c47-34-17-20-38-40(51)28-42(57-43(38)27-34)32-15-18-36(19-16-32)54-22-7-11-35-29-50(49-48-35)21-23-53-24-25-55-37-12-6-10-33(26-37)45-46(56-30-31-8-2-1-3-9-31)44(52)39-13-4-5-14-41(39)58-45/h1-6,8-10,12-20,26-29H,7,11,21-25,30H2. The normalized spacial score (nSPS) is 11.3. The second kappa shape index (κ2) is 17.8. The first-order chi connectivity index (χ1) is 28.5. The summed E-state index contributed by atoms with van der Waals surface area (Å²) in [4.78, 5) is 26.0. The molecule has 0 radical (unpaired) electrons. The van der Waals surface area contributed by atoms with Crippen molar-refractivity contribution in [2.24, 2.45) is 0 Å². The zero-order valence-corrected chi connectivity index (χ0v) is 31.3. The van der Waals surface area contributed by atoms with Crippen molar-refractivity contribution in [1.82, 2.24) is 15.0 Å². The van der Waals surface area contributed by atoms with E-state index in [0.717, 1.165) is 17.7 Å². The molecule has 12 heteroatoms. The molecule has 0 aliphatic rings. The summed E-state index contributed by atoms with van der Waals surface area (Å²) in [6.45, 7) is 2.33. The number of aryl methyl sites for hydroxylation is 1. The largest absolute Gasteiger partial charge is 0.494 e. The summed E-state index contributed by atoms with van der Waals surface area (Å²) < 4.78 is 51.2. The maximum Gasteiger partial charge on any atom is 0.235 e. The maximum absolute atomic E-state index is 13.7. The molecule has 0 aliphatic carbocycles. The highest BCUT2D eigenvalue weighted by Crippen LogP contribution is 2.33. The Bertz CT molecular complexity index is 2760. The molecule has 0 aliphatic heterocycles. The summed E-state index contributed by atoms with van der Waals surface area (Å²) in [5, 5.41) is 9.25. The van der Waals surface area contributed by atoms with Crippen molar-refractivity contribution in [1.29, 1.82) is 0 Å². The van der Waals surface area contributed by atoms with Crippen LogP contribution in [0.15, 0.2) is 152 Å². The molecule has 0 fully saturated rings. The lowest BCUT2D eigenvalue weighted by molar-refractivity contribution is 0.0923. The quantitative estimate of drug-likeness (QED) is 0.0829. The molecule has 0 spiro atoms. The third-order valence-corrected chi connectivity index (χ3v) is 9.30. The Kier molecular flexibility index (Phi) is 11.6. The van der Waals surface area contributed by atoms with Gasteiger partial charge < -0.3 is 27.8 Å². The predicted octanol–water partition coefficient (Wildman–Crippen LogP) is 8.65. The summed E-state index contributed by atoms with van der Waals surface area (Å²) in [5.74, 6) is 1.64. The molecule has 0 unspecified atom stereocenters. The second-order valence-corrected chi connectivity index (χ2v) is 13.4. The molecule has 3 heterocycles. The molecule has 0 saturated heterocycles. The smallest absolute Gasteiger partial charge is 0.235 e. The third-order valence-electron chi connectivity index (χ3n) is 9.30. The Morgan fingerprint density at radius 2 is 1.48 bits per heavy atom. The maximum atomic E-state index is 13.7. The van der Waals surface area contributed by atoms with E-state index >= 15 is 0 Å². The molecular formula is C46H38FN3O8. The highest BCUT2D eigenvalue weighted by Gasteiger charge is 2.19. The van der Waals surface area contributed by atoms with Crippen LogP contribution in [0.4, 0.5) is 4.39 Å². The fraction of sp³-hybridized carbons (Fsp3) is 0.174. The monoisotopic (exact) mass is 779 g/mol. The number of nitrogens with zero attached hydrogens (tertiary/aromatic N) is 3. The molecule has 0 bridgehead atoms. The Hall–Kier alpha value is -7.05. The van der Waals surface area contributed by atoms with Crippen LogP contribution in [0, 0.1) is 5.82 Å². The second-order valence-electron chi connectivity index (χ2n) is 13.4. The molecule has 292 valence electrons. The van der Waals surface area contributed by atoms with Gasteiger partial charge in [0, 0.05) is 29.5 Å². The van der Waals surface area contributed by atoms with Crippen LogP contribution in [0.1, 0.15) is 17.7 Å². The lowest BCUT2D eigenvalue weighted by Crippen LogP contribution is -2.12. The van der Waals surface area contributed by atoms with E-state index in [4.69, 9.17) is 27.8 Å². The van der Waals surface area contributed by atoms with Gasteiger partial charge in [0.25, 0.3) is 0 Å². The summed E-state index contributed by atoms with van der Waals surface area (Å²) in [5.41, 5.74) is 3.32. The number of hydrogen-bond acceptors (Lipinski definition) is 10. The van der Waals surface area contributed by atoms with Crippen molar-refractivity contribution in [3.8, 4) is 39.9 Å². The van der Waals surface area contributed by atoms with Gasteiger partial charge in [0.1, 0.15) is 47.5 Å². The van der Waals surface area contributed by atoms with Crippen molar-refractivity contribution in [3.05, 3.63) is 171 Å². The predicted molar refractivity (Wildman–Crippen MR) is 217 cm³/mol. The fourth-order valence-electron chi connectivity index (χ4n) is 6.37. The first-order valence-electron chi connectivity index (χ1n) is 18.9. The molecule has 58 heavy (non-hydrogen) atoms. The van der Waals surface area contributed by atoms with Gasteiger partial charge in [-0.15, -0.1) is 5.10 Å². The van der Waals surface area contributed by atoms with E-state index in [0.29, 0.717) is 89.9 Å². The SMILES string of the molecule is O=c1cc(-c2ccc(OCCCc3cn(CCOCCOc4cccc(-c5oc6ccccc6c(=O)c5OCc5ccccc5)c4)nn3)cc2)oc2cc(F)ccc12. The summed E-state index contributed by atoms with van der Waals surface area (Å²) in [6.07, 6.45) is 3.32. The number of para-hydroxylation sites is 1. The molecule has 5 aromatic carbocycles. The highest BCUT2D eigenvalue weighted by atomic mass is 19.1. The van der Waals surface area contributed by atoms with Crippen LogP contribution >= 0.6 is 0 Å². The molecular weight excluding hydrogens is 742 g/mol. The topological polar surface area (TPSA) is 128 Å². The Labute approximate surface area is 331 Å². The van der Waals surface area contributed by atoms with Gasteiger partial charge >= 0.3 is 0 Å². The zero-order chi connectivity index (χ0) is 39.7. The minimum absolute atomic E-state index is 0.146. The van der Waals surface area contributed by atoms with Crippen LogP contribution in [-0.2, 0) is 24.3 Å². The number of hydrogen-bond donors (Lipinski definition) is 0.